The smallest absolute Gasteiger partial charge is 0.268 e. The van der Waals surface area contributed by atoms with Crippen LogP contribution in [0.3, 0.4) is 0 Å². The largest absolute Gasteiger partial charge is 0.350 e. The Morgan fingerprint density at radius 1 is 1.21 bits per heavy atom. The van der Waals surface area contributed by atoms with Gasteiger partial charge in [-0.25, -0.2) is 0 Å². The lowest BCUT2D eigenvalue weighted by molar-refractivity contribution is -0.152. The third-order valence-corrected chi connectivity index (χ3v) is 5.98. The maximum atomic E-state index is 13.2. The molecule has 3 atom stereocenters. The Kier molecular flexibility index (Phi) is 5.50. The highest BCUT2D eigenvalue weighted by Crippen LogP contribution is 2.35. The van der Waals surface area contributed by atoms with E-state index in [2.05, 4.69) is 27.7 Å². The standard InChI is InChI=1S/C21H29N5O2/c1-2-8-18-23-24-20-21(28)25(16-11-6-7-12-17(16)26(18)20)14-19(27)22-13-15-9-4-3-5-10-15/h3-5,9-10,16-17,20,24H,2,6-8,11-14H2,1H3,(H,22,27). The Morgan fingerprint density at radius 2 is 1.96 bits per heavy atom. The second-order valence-corrected chi connectivity index (χ2v) is 7.86. The number of fused-ring (bicyclic) bond motifs is 3. The lowest BCUT2D eigenvalue weighted by Crippen LogP contribution is -2.70. The van der Waals surface area contributed by atoms with E-state index in [-0.39, 0.29) is 30.4 Å². The highest BCUT2D eigenvalue weighted by Gasteiger charge is 2.50. The Labute approximate surface area is 166 Å². The summed E-state index contributed by atoms with van der Waals surface area (Å²) in [6.45, 7) is 2.72. The molecule has 0 radical (unpaired) electrons. The number of piperazine rings is 1. The fourth-order valence-electron chi connectivity index (χ4n) is 4.67. The molecule has 2 amide bonds. The van der Waals surface area contributed by atoms with Crippen molar-refractivity contribution >= 4 is 17.6 Å². The average Bonchev–Trinajstić information content (AvgIpc) is 3.15. The van der Waals surface area contributed by atoms with Gasteiger partial charge in [-0.2, -0.15) is 5.10 Å². The first-order chi connectivity index (χ1) is 13.7. The number of nitrogens with zero attached hydrogens (tertiary/aromatic N) is 3. The summed E-state index contributed by atoms with van der Waals surface area (Å²) in [6.07, 6.45) is 5.67. The molecule has 2 aliphatic heterocycles. The van der Waals surface area contributed by atoms with E-state index in [1.54, 1.807) is 4.90 Å². The van der Waals surface area contributed by atoms with E-state index >= 15 is 0 Å². The summed E-state index contributed by atoms with van der Waals surface area (Å²) in [7, 11) is 0. The monoisotopic (exact) mass is 383 g/mol. The van der Waals surface area contributed by atoms with Gasteiger partial charge in [0.2, 0.25) is 5.91 Å². The van der Waals surface area contributed by atoms with E-state index in [1.165, 1.54) is 0 Å². The molecule has 3 aliphatic rings. The Balaban J connectivity index is 1.45. The van der Waals surface area contributed by atoms with E-state index < -0.39 is 6.17 Å². The Hall–Kier alpha value is -2.57. The van der Waals surface area contributed by atoms with Crippen molar-refractivity contribution in [2.75, 3.05) is 6.54 Å². The lowest BCUT2D eigenvalue weighted by atomic mass is 9.85. The molecule has 28 heavy (non-hydrogen) atoms. The number of nitrogens with one attached hydrogen (secondary N) is 2. The Morgan fingerprint density at radius 3 is 2.71 bits per heavy atom. The highest BCUT2D eigenvalue weighted by atomic mass is 16.2. The summed E-state index contributed by atoms with van der Waals surface area (Å²) < 4.78 is 0. The third kappa shape index (κ3) is 3.57. The third-order valence-electron chi connectivity index (χ3n) is 5.98. The molecule has 0 spiro atoms. The molecule has 1 aromatic carbocycles. The van der Waals surface area contributed by atoms with Gasteiger partial charge in [-0.3, -0.25) is 15.0 Å². The molecule has 2 N–H and O–H groups in total. The van der Waals surface area contributed by atoms with Crippen molar-refractivity contribution in [1.82, 2.24) is 20.5 Å². The zero-order valence-electron chi connectivity index (χ0n) is 16.4. The van der Waals surface area contributed by atoms with Crippen molar-refractivity contribution in [2.24, 2.45) is 5.10 Å². The number of carbonyl (C=O) groups excluding carboxylic acids is 2. The van der Waals surface area contributed by atoms with Crippen LogP contribution >= 0.6 is 0 Å². The Bertz CT molecular complexity index is 750. The van der Waals surface area contributed by atoms with Gasteiger partial charge in [0.25, 0.3) is 5.91 Å². The summed E-state index contributed by atoms with van der Waals surface area (Å²) in [6, 6.07) is 10.2. The van der Waals surface area contributed by atoms with Gasteiger partial charge < -0.3 is 15.1 Å². The van der Waals surface area contributed by atoms with Crippen LogP contribution in [0.2, 0.25) is 0 Å². The van der Waals surface area contributed by atoms with Gasteiger partial charge >= 0.3 is 0 Å². The second kappa shape index (κ2) is 8.20. The van der Waals surface area contributed by atoms with Gasteiger partial charge in [0.15, 0.2) is 6.17 Å². The number of benzene rings is 1. The SMILES string of the molecule is CCCC1=NNC2C(=O)N(CC(=O)NCc3ccccc3)C3CCCCC3N12. The predicted octanol–water partition coefficient (Wildman–Crippen LogP) is 1.80. The number of rotatable bonds is 6. The average molecular weight is 383 g/mol. The molecule has 3 unspecified atom stereocenters. The minimum Gasteiger partial charge on any atom is -0.350 e. The van der Waals surface area contributed by atoms with Gasteiger partial charge in [0.1, 0.15) is 12.4 Å². The van der Waals surface area contributed by atoms with Crippen LogP contribution in [-0.4, -0.2) is 52.2 Å². The van der Waals surface area contributed by atoms with Gasteiger partial charge in [-0.15, -0.1) is 0 Å². The van der Waals surface area contributed by atoms with Crippen LogP contribution in [0.25, 0.3) is 0 Å². The fraction of sp³-hybridized carbons (Fsp3) is 0.571. The molecule has 0 bridgehead atoms. The molecule has 2 fully saturated rings. The number of amides is 2. The highest BCUT2D eigenvalue weighted by molar-refractivity contribution is 5.95. The molecule has 0 aromatic heterocycles. The zero-order chi connectivity index (χ0) is 19.5. The topological polar surface area (TPSA) is 77.0 Å². The molecule has 1 aromatic rings. The normalized spacial score (nSPS) is 26.2. The molecule has 4 rings (SSSR count). The van der Waals surface area contributed by atoms with Gasteiger partial charge in [0.05, 0.1) is 12.1 Å². The first-order valence-electron chi connectivity index (χ1n) is 10.4. The zero-order valence-corrected chi connectivity index (χ0v) is 16.4. The summed E-state index contributed by atoms with van der Waals surface area (Å²) in [5.74, 6) is 0.849. The molecule has 1 aliphatic carbocycles. The number of hydrogen-bond acceptors (Lipinski definition) is 5. The molecule has 2 heterocycles. The first kappa shape index (κ1) is 18.8. The molecule has 150 valence electrons. The summed E-state index contributed by atoms with van der Waals surface area (Å²) >= 11 is 0. The molecular formula is C21H29N5O2. The molecule has 7 heteroatoms. The molecule has 1 saturated carbocycles. The van der Waals surface area contributed by atoms with Crippen LogP contribution in [0.15, 0.2) is 35.4 Å². The van der Waals surface area contributed by atoms with Crippen LogP contribution in [0.5, 0.6) is 0 Å². The number of hydrazone groups is 1. The fourth-order valence-corrected chi connectivity index (χ4v) is 4.67. The predicted molar refractivity (Wildman–Crippen MR) is 107 cm³/mol. The van der Waals surface area contributed by atoms with Crippen LogP contribution < -0.4 is 10.7 Å². The van der Waals surface area contributed by atoms with Crippen molar-refractivity contribution in [3.05, 3.63) is 35.9 Å². The summed E-state index contributed by atoms with van der Waals surface area (Å²) in [5, 5.41) is 7.40. The summed E-state index contributed by atoms with van der Waals surface area (Å²) in [4.78, 5) is 29.8. The van der Waals surface area contributed by atoms with E-state index in [9.17, 15) is 9.59 Å². The van der Waals surface area contributed by atoms with Gasteiger partial charge in [-0.05, 0) is 24.8 Å². The maximum absolute atomic E-state index is 13.2. The molecule has 7 nitrogen and oxygen atoms in total. The van der Waals surface area contributed by atoms with Crippen LogP contribution in [-0.2, 0) is 16.1 Å². The van der Waals surface area contributed by atoms with Crippen molar-refractivity contribution < 1.29 is 9.59 Å². The first-order valence-corrected chi connectivity index (χ1v) is 10.4. The van der Waals surface area contributed by atoms with Crippen molar-refractivity contribution in [2.45, 2.75) is 70.2 Å². The second-order valence-electron chi connectivity index (χ2n) is 7.86. The van der Waals surface area contributed by atoms with E-state index in [1.807, 2.05) is 30.3 Å². The van der Waals surface area contributed by atoms with Crippen LogP contribution in [0.4, 0.5) is 0 Å². The molecule has 1 saturated heterocycles. The number of carbonyl (C=O) groups is 2. The molecular weight excluding hydrogens is 354 g/mol. The minimum absolute atomic E-state index is 0.0344. The minimum atomic E-state index is -0.456. The lowest BCUT2D eigenvalue weighted by Gasteiger charge is -2.51. The summed E-state index contributed by atoms with van der Waals surface area (Å²) in [5.41, 5.74) is 4.08. The quantitative estimate of drug-likeness (QED) is 0.785. The van der Waals surface area contributed by atoms with Crippen LogP contribution in [0, 0.1) is 0 Å². The van der Waals surface area contributed by atoms with Crippen LogP contribution in [0.1, 0.15) is 51.0 Å². The van der Waals surface area contributed by atoms with E-state index in [4.69, 9.17) is 0 Å². The van der Waals surface area contributed by atoms with E-state index in [0.29, 0.717) is 6.54 Å². The van der Waals surface area contributed by atoms with E-state index in [0.717, 1.165) is 49.9 Å². The van der Waals surface area contributed by atoms with Crippen molar-refractivity contribution in [3.63, 3.8) is 0 Å². The van der Waals surface area contributed by atoms with Gasteiger partial charge in [0, 0.05) is 13.0 Å². The maximum Gasteiger partial charge on any atom is 0.268 e. The van der Waals surface area contributed by atoms with Crippen molar-refractivity contribution in [3.8, 4) is 0 Å². The van der Waals surface area contributed by atoms with Gasteiger partial charge in [-0.1, -0.05) is 50.1 Å². The number of hydrogen-bond donors (Lipinski definition) is 2. The van der Waals surface area contributed by atoms with Crippen molar-refractivity contribution in [1.29, 1.82) is 0 Å². The number of amidine groups is 1.